The average Bonchev–Trinajstić information content (AvgIpc) is 2.47. The number of nitrogens with one attached hydrogen (secondary N) is 1. The number of anilines is 1. The Morgan fingerprint density at radius 3 is 2.35 bits per heavy atom. The molecule has 0 aromatic heterocycles. The second-order valence-electron chi connectivity index (χ2n) is 4.32. The van der Waals surface area contributed by atoms with Crippen molar-refractivity contribution in [3.8, 4) is 5.75 Å². The van der Waals surface area contributed by atoms with E-state index in [0.717, 1.165) is 11.3 Å². The molecule has 104 valence electrons. The molecule has 0 aliphatic heterocycles. The van der Waals surface area contributed by atoms with Gasteiger partial charge in [0.15, 0.2) is 0 Å². The van der Waals surface area contributed by atoms with E-state index in [4.69, 9.17) is 4.74 Å². The maximum absolute atomic E-state index is 11.5. The molecule has 2 N–H and O–H groups in total. The zero-order valence-corrected chi connectivity index (χ0v) is 11.3. The minimum atomic E-state index is -0.308. The van der Waals surface area contributed by atoms with Gasteiger partial charge in [-0.1, -0.05) is 12.1 Å². The van der Waals surface area contributed by atoms with Gasteiger partial charge in [-0.3, -0.25) is 0 Å². The van der Waals surface area contributed by atoms with Crippen molar-refractivity contribution in [2.24, 2.45) is 0 Å². The lowest BCUT2D eigenvalue weighted by atomic mass is 10.2. The molecule has 2 rings (SSSR count). The SMILES string of the molecule is CCOC(=O)c1ccc(NCc2ccc(O)cc2)cc1. The molecular weight excluding hydrogens is 254 g/mol. The second-order valence-corrected chi connectivity index (χ2v) is 4.32. The Labute approximate surface area is 118 Å². The lowest BCUT2D eigenvalue weighted by Gasteiger charge is -2.07. The number of hydrogen-bond donors (Lipinski definition) is 2. The van der Waals surface area contributed by atoms with E-state index in [9.17, 15) is 9.90 Å². The van der Waals surface area contributed by atoms with Gasteiger partial charge < -0.3 is 15.2 Å². The fourth-order valence-corrected chi connectivity index (χ4v) is 1.76. The quantitative estimate of drug-likeness (QED) is 0.820. The van der Waals surface area contributed by atoms with Crippen molar-refractivity contribution in [3.63, 3.8) is 0 Å². The summed E-state index contributed by atoms with van der Waals surface area (Å²) < 4.78 is 4.93. The number of rotatable bonds is 5. The van der Waals surface area contributed by atoms with E-state index in [1.807, 2.05) is 24.3 Å². The van der Waals surface area contributed by atoms with Gasteiger partial charge in [0.25, 0.3) is 0 Å². The maximum Gasteiger partial charge on any atom is 0.338 e. The number of carbonyl (C=O) groups is 1. The van der Waals surface area contributed by atoms with Gasteiger partial charge in [0.05, 0.1) is 12.2 Å². The molecule has 4 heteroatoms. The van der Waals surface area contributed by atoms with Crippen LogP contribution in [0.5, 0.6) is 5.75 Å². The van der Waals surface area contributed by atoms with Crippen molar-refractivity contribution < 1.29 is 14.6 Å². The molecule has 0 saturated carbocycles. The molecule has 0 aliphatic rings. The highest BCUT2D eigenvalue weighted by atomic mass is 16.5. The Kier molecular flexibility index (Phi) is 4.60. The molecule has 4 nitrogen and oxygen atoms in total. The van der Waals surface area contributed by atoms with Gasteiger partial charge in [0, 0.05) is 12.2 Å². The van der Waals surface area contributed by atoms with Crippen LogP contribution in [0.15, 0.2) is 48.5 Å². The number of phenols is 1. The molecule has 20 heavy (non-hydrogen) atoms. The van der Waals surface area contributed by atoms with E-state index in [1.165, 1.54) is 0 Å². The average molecular weight is 271 g/mol. The largest absolute Gasteiger partial charge is 0.508 e. The Balaban J connectivity index is 1.93. The molecule has 2 aromatic rings. The van der Waals surface area contributed by atoms with Crippen LogP contribution in [0.4, 0.5) is 5.69 Å². The monoisotopic (exact) mass is 271 g/mol. The number of ether oxygens (including phenoxy) is 1. The van der Waals surface area contributed by atoms with Crippen molar-refractivity contribution in [2.45, 2.75) is 13.5 Å². The zero-order valence-electron chi connectivity index (χ0n) is 11.3. The molecule has 0 aliphatic carbocycles. The molecule has 0 amide bonds. The minimum absolute atomic E-state index is 0.257. The minimum Gasteiger partial charge on any atom is -0.508 e. The third-order valence-electron chi connectivity index (χ3n) is 2.83. The van der Waals surface area contributed by atoms with E-state index in [1.54, 1.807) is 31.2 Å². The van der Waals surface area contributed by atoms with E-state index in [-0.39, 0.29) is 11.7 Å². The van der Waals surface area contributed by atoms with Crippen LogP contribution in [0, 0.1) is 0 Å². The summed E-state index contributed by atoms with van der Waals surface area (Å²) in [6.45, 7) is 2.81. The van der Waals surface area contributed by atoms with E-state index >= 15 is 0 Å². The molecule has 0 radical (unpaired) electrons. The van der Waals surface area contributed by atoms with Crippen molar-refractivity contribution in [2.75, 3.05) is 11.9 Å². The number of aromatic hydroxyl groups is 1. The molecule has 0 heterocycles. The van der Waals surface area contributed by atoms with Crippen molar-refractivity contribution in [1.82, 2.24) is 0 Å². The predicted molar refractivity (Wildman–Crippen MR) is 77.8 cm³/mol. The van der Waals surface area contributed by atoms with Crippen molar-refractivity contribution in [1.29, 1.82) is 0 Å². The van der Waals surface area contributed by atoms with E-state index in [0.29, 0.717) is 18.7 Å². The van der Waals surface area contributed by atoms with Crippen LogP contribution < -0.4 is 5.32 Å². The van der Waals surface area contributed by atoms with Crippen LogP contribution in [0.1, 0.15) is 22.8 Å². The van der Waals surface area contributed by atoms with Crippen molar-refractivity contribution in [3.05, 3.63) is 59.7 Å². The lowest BCUT2D eigenvalue weighted by molar-refractivity contribution is 0.0526. The lowest BCUT2D eigenvalue weighted by Crippen LogP contribution is -2.05. The smallest absolute Gasteiger partial charge is 0.338 e. The highest BCUT2D eigenvalue weighted by Gasteiger charge is 2.05. The predicted octanol–water partition coefficient (Wildman–Crippen LogP) is 3.18. The zero-order chi connectivity index (χ0) is 14.4. The third-order valence-corrected chi connectivity index (χ3v) is 2.83. The summed E-state index contributed by atoms with van der Waals surface area (Å²) in [6, 6.07) is 14.2. The van der Waals surface area contributed by atoms with Crippen LogP contribution in [-0.2, 0) is 11.3 Å². The van der Waals surface area contributed by atoms with Gasteiger partial charge in [0.2, 0.25) is 0 Å². The Hall–Kier alpha value is -2.49. The summed E-state index contributed by atoms with van der Waals surface area (Å²) in [6.07, 6.45) is 0. The molecule has 0 unspecified atom stereocenters. The fraction of sp³-hybridized carbons (Fsp3) is 0.188. The van der Waals surface area contributed by atoms with Crippen LogP contribution in [-0.4, -0.2) is 17.7 Å². The normalized spacial score (nSPS) is 10.1. The topological polar surface area (TPSA) is 58.6 Å². The Morgan fingerprint density at radius 2 is 1.75 bits per heavy atom. The van der Waals surface area contributed by atoms with Gasteiger partial charge in [-0.25, -0.2) is 4.79 Å². The van der Waals surface area contributed by atoms with Gasteiger partial charge in [-0.2, -0.15) is 0 Å². The van der Waals surface area contributed by atoms with Gasteiger partial charge >= 0.3 is 5.97 Å². The second kappa shape index (κ2) is 6.61. The summed E-state index contributed by atoms with van der Waals surface area (Å²) in [7, 11) is 0. The first-order valence-electron chi connectivity index (χ1n) is 6.48. The first kappa shape index (κ1) is 13.9. The molecule has 0 spiro atoms. The molecule has 0 atom stereocenters. The van der Waals surface area contributed by atoms with E-state index < -0.39 is 0 Å². The Morgan fingerprint density at radius 1 is 1.10 bits per heavy atom. The summed E-state index contributed by atoms with van der Waals surface area (Å²) in [5.41, 5.74) is 2.53. The number of carbonyl (C=O) groups excluding carboxylic acids is 1. The maximum atomic E-state index is 11.5. The fourth-order valence-electron chi connectivity index (χ4n) is 1.76. The van der Waals surface area contributed by atoms with Gasteiger partial charge in [0.1, 0.15) is 5.75 Å². The number of benzene rings is 2. The first-order valence-corrected chi connectivity index (χ1v) is 6.48. The van der Waals surface area contributed by atoms with Gasteiger partial charge in [-0.05, 0) is 48.9 Å². The summed E-state index contributed by atoms with van der Waals surface area (Å²) in [5, 5.41) is 12.4. The summed E-state index contributed by atoms with van der Waals surface area (Å²) >= 11 is 0. The number of phenolic OH excluding ortho intramolecular Hbond substituents is 1. The highest BCUT2D eigenvalue weighted by Crippen LogP contribution is 2.14. The van der Waals surface area contributed by atoms with Gasteiger partial charge in [-0.15, -0.1) is 0 Å². The van der Waals surface area contributed by atoms with Crippen LogP contribution >= 0.6 is 0 Å². The summed E-state index contributed by atoms with van der Waals surface area (Å²) in [5.74, 6) is -0.0508. The molecule has 0 fully saturated rings. The molecule has 0 bridgehead atoms. The number of hydrogen-bond acceptors (Lipinski definition) is 4. The van der Waals surface area contributed by atoms with E-state index in [2.05, 4.69) is 5.32 Å². The van der Waals surface area contributed by atoms with Crippen molar-refractivity contribution >= 4 is 11.7 Å². The molecule has 0 saturated heterocycles. The highest BCUT2D eigenvalue weighted by molar-refractivity contribution is 5.89. The summed E-state index contributed by atoms with van der Waals surface area (Å²) in [4.78, 5) is 11.5. The van der Waals surface area contributed by atoms with Crippen LogP contribution in [0.25, 0.3) is 0 Å². The molecular formula is C16H17NO3. The van der Waals surface area contributed by atoms with Crippen LogP contribution in [0.2, 0.25) is 0 Å². The first-order chi connectivity index (χ1) is 9.69. The number of esters is 1. The standard InChI is InChI=1S/C16H17NO3/c1-2-20-16(19)13-5-7-14(8-6-13)17-11-12-3-9-15(18)10-4-12/h3-10,17-18H,2,11H2,1H3. The third kappa shape index (κ3) is 3.75. The Bertz CT molecular complexity index is 561. The molecule has 2 aromatic carbocycles. The van der Waals surface area contributed by atoms with Crippen LogP contribution in [0.3, 0.4) is 0 Å².